The van der Waals surface area contributed by atoms with E-state index >= 15 is 4.39 Å². The number of morpholine rings is 1. The molecule has 4 aromatic rings. The number of pyridine rings is 1. The number of carboxylic acid groups (broad SMARTS) is 1. The first-order valence-electron chi connectivity index (χ1n) is 16.3. The minimum absolute atomic E-state index is 0.179. The first-order valence-corrected chi connectivity index (χ1v) is 16.3. The van der Waals surface area contributed by atoms with E-state index < -0.39 is 12.1 Å². The molecule has 3 aliphatic rings. The fourth-order valence-corrected chi connectivity index (χ4v) is 7.35. The largest absolute Gasteiger partial charge is 0.487 e. The molecular formula is C36H41FN4O4. The van der Waals surface area contributed by atoms with Crippen LogP contribution in [-0.2, 0) is 17.9 Å². The summed E-state index contributed by atoms with van der Waals surface area (Å²) in [7, 11) is 0. The highest BCUT2D eigenvalue weighted by Crippen LogP contribution is 2.48. The highest BCUT2D eigenvalue weighted by Gasteiger charge is 2.34. The summed E-state index contributed by atoms with van der Waals surface area (Å²) in [5.74, 6) is -0.462. The van der Waals surface area contributed by atoms with E-state index in [-0.39, 0.29) is 17.5 Å². The second-order valence-corrected chi connectivity index (χ2v) is 12.5. The summed E-state index contributed by atoms with van der Waals surface area (Å²) in [4.78, 5) is 18.9. The third-order valence-corrected chi connectivity index (χ3v) is 9.72. The number of nitrogens with one attached hydrogen (secondary N) is 1. The van der Waals surface area contributed by atoms with Crippen LogP contribution in [0.25, 0.3) is 22.2 Å². The molecule has 9 heteroatoms. The van der Waals surface area contributed by atoms with E-state index in [4.69, 9.17) is 9.47 Å². The highest BCUT2D eigenvalue weighted by atomic mass is 19.1. The van der Waals surface area contributed by atoms with Gasteiger partial charge in [0.15, 0.2) is 0 Å². The van der Waals surface area contributed by atoms with Crippen molar-refractivity contribution in [3.05, 3.63) is 77.6 Å². The van der Waals surface area contributed by atoms with Crippen molar-refractivity contribution in [1.82, 2.24) is 14.5 Å². The molecule has 8 nitrogen and oxygen atoms in total. The lowest BCUT2D eigenvalue weighted by molar-refractivity contribution is 0.0367. The average Bonchev–Trinajstić information content (AvgIpc) is 3.37. The summed E-state index contributed by atoms with van der Waals surface area (Å²) in [5, 5.41) is 14.7. The van der Waals surface area contributed by atoms with E-state index in [1.54, 1.807) is 18.3 Å². The van der Waals surface area contributed by atoms with Crippen LogP contribution in [0.2, 0.25) is 0 Å². The zero-order valence-electron chi connectivity index (χ0n) is 25.6. The van der Waals surface area contributed by atoms with Crippen LogP contribution in [0.3, 0.4) is 0 Å². The Hall–Kier alpha value is -3.95. The predicted molar refractivity (Wildman–Crippen MR) is 173 cm³/mol. The van der Waals surface area contributed by atoms with E-state index in [1.165, 1.54) is 0 Å². The van der Waals surface area contributed by atoms with E-state index in [0.29, 0.717) is 19.6 Å². The molecule has 1 saturated carbocycles. The number of ether oxygens (including phenoxy) is 2. The van der Waals surface area contributed by atoms with Crippen molar-refractivity contribution in [3.63, 3.8) is 0 Å². The number of carboxylic acids is 1. The molecule has 2 aromatic heterocycles. The van der Waals surface area contributed by atoms with Crippen LogP contribution in [0.15, 0.2) is 60.8 Å². The number of alkyl halides is 1. The third-order valence-electron chi connectivity index (χ3n) is 9.72. The van der Waals surface area contributed by atoms with Crippen LogP contribution in [0.5, 0.6) is 5.75 Å². The van der Waals surface area contributed by atoms with Gasteiger partial charge >= 0.3 is 5.97 Å². The maximum Gasteiger partial charge on any atom is 0.335 e. The van der Waals surface area contributed by atoms with Gasteiger partial charge in [0.25, 0.3) is 0 Å². The maximum atomic E-state index is 15.8. The molecule has 2 N–H and O–H groups in total. The lowest BCUT2D eigenvalue weighted by Crippen LogP contribution is -2.39. The van der Waals surface area contributed by atoms with E-state index in [0.717, 1.165) is 110 Å². The zero-order valence-corrected chi connectivity index (χ0v) is 25.6. The predicted octanol–water partition coefficient (Wildman–Crippen LogP) is 6.88. The van der Waals surface area contributed by atoms with Crippen LogP contribution in [0, 0.1) is 0 Å². The Morgan fingerprint density at radius 2 is 1.91 bits per heavy atom. The first-order chi connectivity index (χ1) is 22.0. The van der Waals surface area contributed by atoms with Crippen molar-refractivity contribution in [2.75, 3.05) is 38.2 Å². The van der Waals surface area contributed by atoms with Crippen molar-refractivity contribution in [2.45, 2.75) is 69.8 Å². The van der Waals surface area contributed by atoms with Crippen molar-refractivity contribution in [3.8, 4) is 17.0 Å². The normalized spacial score (nSPS) is 22.1. The minimum atomic E-state index is -0.957. The summed E-state index contributed by atoms with van der Waals surface area (Å²) in [5.41, 5.74) is 5.92. The van der Waals surface area contributed by atoms with Gasteiger partial charge < -0.3 is 24.5 Å². The summed E-state index contributed by atoms with van der Waals surface area (Å²) in [6.45, 7) is 5.43. The molecular weight excluding hydrogens is 571 g/mol. The second-order valence-electron chi connectivity index (χ2n) is 12.5. The molecule has 2 aliphatic heterocycles. The molecule has 7 rings (SSSR count). The summed E-state index contributed by atoms with van der Waals surface area (Å²) >= 11 is 0. The van der Waals surface area contributed by atoms with Crippen molar-refractivity contribution in [2.24, 2.45) is 0 Å². The number of carbonyl (C=O) groups is 1. The molecule has 3 atom stereocenters. The molecule has 0 bridgehead atoms. The molecule has 0 radical (unpaired) electrons. The standard InChI is InChI=1S/C36H41FN4O4/c37-31-7-2-1-6-28(31)34-30-10-8-24(36(42)43)21-33(30)41-16-13-25(12-15-40-17-19-44-20-18-40)39-32-22-27(9-11-29(32)35(34)41)45-23-26-5-3-4-14-38-26/h3-5,8-11,14,21-22,25,28,31,39H,1-2,6-7,12-13,15-20,23H2,(H,42,43)/t25?,28?,31-/m0/s1. The van der Waals surface area contributed by atoms with Gasteiger partial charge in [0.05, 0.1) is 30.2 Å². The third kappa shape index (κ3) is 6.29. The number of benzene rings is 2. The molecule has 45 heavy (non-hydrogen) atoms. The smallest absolute Gasteiger partial charge is 0.335 e. The molecule has 1 aliphatic carbocycles. The number of aryl methyl sites for hydroxylation is 1. The topological polar surface area (TPSA) is 88.9 Å². The average molecular weight is 613 g/mol. The number of hydrogen-bond acceptors (Lipinski definition) is 6. The lowest BCUT2D eigenvalue weighted by Gasteiger charge is -2.32. The molecule has 2 aromatic carbocycles. The van der Waals surface area contributed by atoms with Crippen LogP contribution in [0.1, 0.15) is 66.1 Å². The van der Waals surface area contributed by atoms with Gasteiger partial charge in [-0.25, -0.2) is 9.18 Å². The number of rotatable bonds is 8. The molecule has 236 valence electrons. The molecule has 0 amide bonds. The van der Waals surface area contributed by atoms with Crippen molar-refractivity contribution >= 4 is 22.6 Å². The number of anilines is 1. The SMILES string of the molecule is O=C(O)c1ccc2c(C3CCCC[C@@H]3F)c3n(c2c1)CCC(CCN1CCOCC1)Nc1cc(OCc2ccccn2)ccc1-3. The Morgan fingerprint density at radius 3 is 2.71 bits per heavy atom. The maximum absolute atomic E-state index is 15.8. The summed E-state index contributed by atoms with van der Waals surface area (Å²) in [6.07, 6.45) is 5.85. The number of aromatic nitrogens is 2. The monoisotopic (exact) mass is 612 g/mol. The van der Waals surface area contributed by atoms with Crippen LogP contribution in [-0.4, -0.2) is 70.6 Å². The number of halogens is 1. The Kier molecular flexibility index (Phi) is 8.72. The fraction of sp³-hybridized carbons (Fsp3) is 0.444. The molecule has 0 spiro atoms. The zero-order chi connectivity index (χ0) is 30.8. The molecule has 2 fully saturated rings. The van der Waals surface area contributed by atoms with Crippen LogP contribution < -0.4 is 10.1 Å². The van der Waals surface area contributed by atoms with E-state index in [2.05, 4.69) is 31.9 Å². The number of nitrogens with zero attached hydrogens (tertiary/aromatic N) is 3. The minimum Gasteiger partial charge on any atom is -0.487 e. The van der Waals surface area contributed by atoms with Gasteiger partial charge in [-0.15, -0.1) is 0 Å². The van der Waals surface area contributed by atoms with E-state index in [9.17, 15) is 9.90 Å². The lowest BCUT2D eigenvalue weighted by atomic mass is 9.80. The number of hydrogen-bond donors (Lipinski definition) is 2. The van der Waals surface area contributed by atoms with Crippen molar-refractivity contribution < 1.29 is 23.8 Å². The Balaban J connectivity index is 1.33. The Labute approximate surface area is 263 Å². The van der Waals surface area contributed by atoms with Gasteiger partial charge in [0.1, 0.15) is 18.5 Å². The molecule has 2 unspecified atom stereocenters. The van der Waals surface area contributed by atoms with Gasteiger partial charge in [0.2, 0.25) is 0 Å². The summed E-state index contributed by atoms with van der Waals surface area (Å²) < 4.78 is 29.8. The number of aromatic carboxylic acids is 1. The van der Waals surface area contributed by atoms with Gasteiger partial charge in [0, 0.05) is 72.6 Å². The molecule has 1 saturated heterocycles. The van der Waals surface area contributed by atoms with Gasteiger partial charge in [-0.2, -0.15) is 0 Å². The number of fused-ring (bicyclic) bond motifs is 5. The fourth-order valence-electron chi connectivity index (χ4n) is 7.35. The van der Waals surface area contributed by atoms with Crippen molar-refractivity contribution in [1.29, 1.82) is 0 Å². The Morgan fingerprint density at radius 1 is 1.04 bits per heavy atom. The van der Waals surface area contributed by atoms with Gasteiger partial charge in [-0.05, 0) is 67.6 Å². The Bertz CT molecular complexity index is 1650. The van der Waals surface area contributed by atoms with Crippen LogP contribution in [0.4, 0.5) is 10.1 Å². The first kappa shape index (κ1) is 29.7. The van der Waals surface area contributed by atoms with E-state index in [1.807, 2.05) is 30.3 Å². The van der Waals surface area contributed by atoms with Crippen LogP contribution >= 0.6 is 0 Å². The summed E-state index contributed by atoms with van der Waals surface area (Å²) in [6, 6.07) is 17.4. The highest BCUT2D eigenvalue weighted by molar-refractivity contribution is 5.99. The van der Waals surface area contributed by atoms with Gasteiger partial charge in [-0.3, -0.25) is 9.88 Å². The molecule has 4 heterocycles. The quantitative estimate of drug-likeness (QED) is 0.224. The second kappa shape index (κ2) is 13.2. The van der Waals surface area contributed by atoms with Gasteiger partial charge in [-0.1, -0.05) is 25.0 Å².